The Balaban J connectivity index is 1.74. The summed E-state index contributed by atoms with van der Waals surface area (Å²) in [6.45, 7) is 0.214. The summed E-state index contributed by atoms with van der Waals surface area (Å²) in [7, 11) is 4.56. The van der Waals surface area contributed by atoms with Crippen LogP contribution in [-0.2, 0) is 6.54 Å². The van der Waals surface area contributed by atoms with E-state index >= 15 is 0 Å². The molecule has 2 aromatic carbocycles. The number of nitrogens with one attached hydrogen (secondary N) is 1. The van der Waals surface area contributed by atoms with Gasteiger partial charge >= 0.3 is 0 Å². The molecule has 0 aliphatic heterocycles. The number of hydrogen-bond acceptors (Lipinski definition) is 5. The van der Waals surface area contributed by atoms with Crippen LogP contribution in [0.1, 0.15) is 16.1 Å². The van der Waals surface area contributed by atoms with Gasteiger partial charge in [-0.05, 0) is 42.0 Å². The number of furan rings is 1. The monoisotopic (exact) mass is 385 g/mol. The topological polar surface area (TPSA) is 69.9 Å². The number of hydrogen-bond donors (Lipinski definition) is 1. The van der Waals surface area contributed by atoms with Crippen molar-refractivity contribution in [1.82, 2.24) is 5.32 Å². The zero-order valence-corrected chi connectivity index (χ0v) is 15.7. The summed E-state index contributed by atoms with van der Waals surface area (Å²) in [5, 5.41) is 2.76. The van der Waals surface area contributed by atoms with Crippen LogP contribution in [0.3, 0.4) is 0 Å². The zero-order chi connectivity index (χ0) is 20.1. The molecule has 28 heavy (non-hydrogen) atoms. The molecule has 1 amide bonds. The molecule has 6 nitrogen and oxygen atoms in total. The molecule has 0 spiro atoms. The molecule has 0 atom stereocenters. The van der Waals surface area contributed by atoms with Crippen molar-refractivity contribution in [3.05, 3.63) is 65.7 Å². The van der Waals surface area contributed by atoms with Gasteiger partial charge in [-0.3, -0.25) is 4.79 Å². The van der Waals surface area contributed by atoms with Crippen molar-refractivity contribution in [3.8, 4) is 28.6 Å². The summed E-state index contributed by atoms with van der Waals surface area (Å²) in [5.74, 6) is 0.997. The standard InChI is InChI=1S/C21H20FNO5/c1-25-18-10-13(11-19(26-2)20(18)27-3)12-23-21(24)17-9-8-16(28-17)14-6-4-5-7-15(14)22/h4-11H,12H2,1-3H3,(H,23,24). The van der Waals surface area contributed by atoms with Crippen LogP contribution in [0.25, 0.3) is 11.3 Å². The lowest BCUT2D eigenvalue weighted by atomic mass is 10.1. The van der Waals surface area contributed by atoms with E-state index in [1.807, 2.05) is 0 Å². The van der Waals surface area contributed by atoms with Crippen molar-refractivity contribution < 1.29 is 27.8 Å². The third-order valence-corrected chi connectivity index (χ3v) is 4.15. The highest BCUT2D eigenvalue weighted by Gasteiger charge is 2.16. The number of benzene rings is 2. The molecular weight excluding hydrogens is 365 g/mol. The molecule has 0 bridgehead atoms. The van der Waals surface area contributed by atoms with Gasteiger partial charge in [0.05, 0.1) is 26.9 Å². The highest BCUT2D eigenvalue weighted by Crippen LogP contribution is 2.38. The fourth-order valence-electron chi connectivity index (χ4n) is 2.77. The number of amides is 1. The molecular formula is C21H20FNO5. The third kappa shape index (κ3) is 3.93. The van der Waals surface area contributed by atoms with E-state index in [4.69, 9.17) is 18.6 Å². The Morgan fingerprint density at radius 3 is 2.29 bits per heavy atom. The van der Waals surface area contributed by atoms with Crippen molar-refractivity contribution in [2.45, 2.75) is 6.54 Å². The van der Waals surface area contributed by atoms with E-state index in [2.05, 4.69) is 5.32 Å². The average Bonchev–Trinajstić information content (AvgIpc) is 3.21. The molecule has 0 unspecified atom stereocenters. The maximum atomic E-state index is 13.9. The van der Waals surface area contributed by atoms with Gasteiger partial charge in [0.2, 0.25) is 5.75 Å². The third-order valence-electron chi connectivity index (χ3n) is 4.15. The van der Waals surface area contributed by atoms with Crippen molar-refractivity contribution in [3.63, 3.8) is 0 Å². The van der Waals surface area contributed by atoms with E-state index in [9.17, 15) is 9.18 Å². The van der Waals surface area contributed by atoms with Crippen LogP contribution in [0.15, 0.2) is 52.9 Å². The molecule has 0 saturated heterocycles. The number of ether oxygens (including phenoxy) is 3. The number of halogens is 1. The molecule has 1 aromatic heterocycles. The van der Waals surface area contributed by atoms with Gasteiger partial charge in [-0.15, -0.1) is 0 Å². The SMILES string of the molecule is COc1cc(CNC(=O)c2ccc(-c3ccccc3F)o2)cc(OC)c1OC. The van der Waals surface area contributed by atoms with Crippen LogP contribution in [0.5, 0.6) is 17.2 Å². The maximum Gasteiger partial charge on any atom is 0.287 e. The fourth-order valence-corrected chi connectivity index (χ4v) is 2.77. The molecule has 1 N–H and O–H groups in total. The summed E-state index contributed by atoms with van der Waals surface area (Å²) in [6, 6.07) is 12.8. The largest absolute Gasteiger partial charge is 0.493 e. The Labute approximate surface area is 161 Å². The Kier molecular flexibility index (Phi) is 5.84. The summed E-state index contributed by atoms with van der Waals surface area (Å²) < 4.78 is 35.3. The quantitative estimate of drug-likeness (QED) is 0.665. The highest BCUT2D eigenvalue weighted by molar-refractivity contribution is 5.92. The van der Waals surface area contributed by atoms with E-state index in [0.717, 1.165) is 5.56 Å². The Morgan fingerprint density at radius 1 is 1.00 bits per heavy atom. The molecule has 0 saturated carbocycles. The van der Waals surface area contributed by atoms with Crippen LogP contribution in [0.4, 0.5) is 4.39 Å². The Bertz CT molecular complexity index is 957. The Hall–Kier alpha value is -3.48. The number of methoxy groups -OCH3 is 3. The minimum atomic E-state index is -0.420. The molecule has 1 heterocycles. The van der Waals surface area contributed by atoms with Crippen molar-refractivity contribution >= 4 is 5.91 Å². The number of rotatable bonds is 7. The van der Waals surface area contributed by atoms with Gasteiger partial charge in [0, 0.05) is 6.54 Å². The molecule has 0 fully saturated rings. The summed E-state index contributed by atoms with van der Waals surface area (Å²) >= 11 is 0. The lowest BCUT2D eigenvalue weighted by Gasteiger charge is -2.14. The van der Waals surface area contributed by atoms with Gasteiger partial charge in [-0.1, -0.05) is 12.1 Å². The molecule has 146 valence electrons. The summed E-state index contributed by atoms with van der Waals surface area (Å²) in [6.07, 6.45) is 0. The Morgan fingerprint density at radius 2 is 1.68 bits per heavy atom. The molecule has 3 rings (SSSR count). The average molecular weight is 385 g/mol. The summed E-state index contributed by atoms with van der Waals surface area (Å²) in [4.78, 5) is 12.4. The molecule has 0 radical (unpaired) electrons. The van der Waals surface area contributed by atoms with Crippen LogP contribution in [-0.4, -0.2) is 27.2 Å². The maximum absolute atomic E-state index is 13.9. The number of carbonyl (C=O) groups is 1. The number of carbonyl (C=O) groups excluding carboxylic acids is 1. The second kappa shape index (κ2) is 8.47. The van der Waals surface area contributed by atoms with Crippen molar-refractivity contribution in [1.29, 1.82) is 0 Å². The first-order valence-electron chi connectivity index (χ1n) is 8.49. The van der Waals surface area contributed by atoms with Gasteiger partial charge in [0.25, 0.3) is 5.91 Å². The molecule has 7 heteroatoms. The van der Waals surface area contributed by atoms with Crippen LogP contribution in [0.2, 0.25) is 0 Å². The minimum absolute atomic E-state index is 0.0886. The predicted octanol–water partition coefficient (Wildman–Crippen LogP) is 4.04. The van der Waals surface area contributed by atoms with E-state index in [1.54, 1.807) is 36.4 Å². The second-order valence-corrected chi connectivity index (χ2v) is 5.86. The van der Waals surface area contributed by atoms with Crippen LogP contribution in [0, 0.1) is 5.82 Å². The van der Waals surface area contributed by atoms with Crippen LogP contribution >= 0.6 is 0 Å². The normalized spacial score (nSPS) is 10.4. The second-order valence-electron chi connectivity index (χ2n) is 5.86. The fraction of sp³-hybridized carbons (Fsp3) is 0.190. The van der Waals surface area contributed by atoms with Gasteiger partial charge in [-0.2, -0.15) is 0 Å². The van der Waals surface area contributed by atoms with E-state index in [-0.39, 0.29) is 18.1 Å². The summed E-state index contributed by atoms with van der Waals surface area (Å²) in [5.41, 5.74) is 1.05. The van der Waals surface area contributed by atoms with Crippen molar-refractivity contribution in [2.75, 3.05) is 21.3 Å². The molecule has 0 aliphatic rings. The van der Waals surface area contributed by atoms with Gasteiger partial charge < -0.3 is 23.9 Å². The van der Waals surface area contributed by atoms with Gasteiger partial charge in [-0.25, -0.2) is 4.39 Å². The smallest absolute Gasteiger partial charge is 0.287 e. The lowest BCUT2D eigenvalue weighted by molar-refractivity contribution is 0.0924. The molecule has 0 aliphatic carbocycles. The van der Waals surface area contributed by atoms with Crippen molar-refractivity contribution in [2.24, 2.45) is 0 Å². The first kappa shape index (κ1) is 19.3. The van der Waals surface area contributed by atoms with E-state index in [1.165, 1.54) is 33.5 Å². The van der Waals surface area contributed by atoms with Gasteiger partial charge in [0.15, 0.2) is 17.3 Å². The molecule has 3 aromatic rings. The predicted molar refractivity (Wildman–Crippen MR) is 101 cm³/mol. The van der Waals surface area contributed by atoms with Gasteiger partial charge in [0.1, 0.15) is 11.6 Å². The first-order chi connectivity index (χ1) is 13.6. The van der Waals surface area contributed by atoms with Crippen LogP contribution < -0.4 is 19.5 Å². The van der Waals surface area contributed by atoms with E-state index < -0.39 is 11.7 Å². The first-order valence-corrected chi connectivity index (χ1v) is 8.49. The highest BCUT2D eigenvalue weighted by atomic mass is 19.1. The minimum Gasteiger partial charge on any atom is -0.493 e. The zero-order valence-electron chi connectivity index (χ0n) is 15.7. The van der Waals surface area contributed by atoms with E-state index in [0.29, 0.717) is 22.8 Å². The lowest BCUT2D eigenvalue weighted by Crippen LogP contribution is -2.22.